The first-order valence-electron chi connectivity index (χ1n) is 12.0. The van der Waals surface area contributed by atoms with Crippen molar-refractivity contribution in [3.8, 4) is 11.1 Å². The topological polar surface area (TPSA) is 95.9 Å². The van der Waals surface area contributed by atoms with E-state index in [0.29, 0.717) is 25.8 Å². The Kier molecular flexibility index (Phi) is 5.80. The molecule has 0 aromatic heterocycles. The van der Waals surface area contributed by atoms with Gasteiger partial charge in [0.1, 0.15) is 12.6 Å². The van der Waals surface area contributed by atoms with E-state index < -0.39 is 23.5 Å². The lowest BCUT2D eigenvalue weighted by molar-refractivity contribution is -0.157. The van der Waals surface area contributed by atoms with Crippen LogP contribution in [-0.4, -0.2) is 53.7 Å². The van der Waals surface area contributed by atoms with Crippen LogP contribution in [0.3, 0.4) is 0 Å². The zero-order valence-electron chi connectivity index (χ0n) is 19.3. The Hall–Kier alpha value is -3.35. The Bertz CT molecular complexity index is 1080. The normalized spacial score (nSPS) is 22.4. The highest BCUT2D eigenvalue weighted by molar-refractivity contribution is 5.89. The van der Waals surface area contributed by atoms with Crippen LogP contribution in [0.25, 0.3) is 11.1 Å². The Morgan fingerprint density at radius 3 is 2.24 bits per heavy atom. The van der Waals surface area contributed by atoms with Crippen molar-refractivity contribution in [3.63, 3.8) is 0 Å². The SMILES string of the molecule is CC1CCN(C(=O)C2(CNC(=O)OCC3c4ccccc4-c4ccccc43)CCC2)C1C(=O)O. The summed E-state index contributed by atoms with van der Waals surface area (Å²) in [6.07, 6.45) is 2.31. The van der Waals surface area contributed by atoms with Crippen LogP contribution in [0.1, 0.15) is 49.7 Å². The summed E-state index contributed by atoms with van der Waals surface area (Å²) in [7, 11) is 0. The summed E-state index contributed by atoms with van der Waals surface area (Å²) >= 11 is 0. The molecule has 178 valence electrons. The predicted molar refractivity (Wildman–Crippen MR) is 126 cm³/mol. The van der Waals surface area contributed by atoms with Gasteiger partial charge >= 0.3 is 12.1 Å². The smallest absolute Gasteiger partial charge is 0.407 e. The maximum Gasteiger partial charge on any atom is 0.407 e. The van der Waals surface area contributed by atoms with Gasteiger partial charge in [-0.05, 0) is 47.4 Å². The molecular formula is C27H30N2O5. The van der Waals surface area contributed by atoms with Crippen LogP contribution in [0.15, 0.2) is 48.5 Å². The molecule has 1 saturated heterocycles. The number of amides is 2. The van der Waals surface area contributed by atoms with Gasteiger partial charge in [-0.25, -0.2) is 9.59 Å². The molecule has 0 spiro atoms. The summed E-state index contributed by atoms with van der Waals surface area (Å²) < 4.78 is 5.62. The summed E-state index contributed by atoms with van der Waals surface area (Å²) in [6, 6.07) is 15.5. The van der Waals surface area contributed by atoms with E-state index in [1.807, 2.05) is 31.2 Å². The number of nitrogens with one attached hydrogen (secondary N) is 1. The van der Waals surface area contributed by atoms with E-state index in [1.54, 1.807) is 0 Å². The first-order chi connectivity index (χ1) is 16.4. The fraction of sp³-hybridized carbons (Fsp3) is 0.444. The van der Waals surface area contributed by atoms with Gasteiger partial charge in [-0.15, -0.1) is 0 Å². The molecule has 0 bridgehead atoms. The summed E-state index contributed by atoms with van der Waals surface area (Å²) in [6.45, 7) is 2.70. The van der Waals surface area contributed by atoms with E-state index >= 15 is 0 Å². The molecule has 1 aliphatic heterocycles. The van der Waals surface area contributed by atoms with Crippen LogP contribution >= 0.6 is 0 Å². The number of carbonyl (C=O) groups excluding carboxylic acids is 2. The van der Waals surface area contributed by atoms with Crippen molar-refractivity contribution in [2.45, 2.75) is 44.6 Å². The highest BCUT2D eigenvalue weighted by Gasteiger charge is 2.51. The number of carbonyl (C=O) groups is 3. The maximum absolute atomic E-state index is 13.3. The molecule has 7 heteroatoms. The van der Waals surface area contributed by atoms with Crippen molar-refractivity contribution in [1.29, 1.82) is 0 Å². The molecule has 2 aromatic rings. The van der Waals surface area contributed by atoms with Crippen LogP contribution < -0.4 is 5.32 Å². The second kappa shape index (κ2) is 8.78. The fourth-order valence-electron chi connectivity index (χ4n) is 5.82. The lowest BCUT2D eigenvalue weighted by Gasteiger charge is -2.43. The molecular weight excluding hydrogens is 432 g/mol. The zero-order valence-corrected chi connectivity index (χ0v) is 19.3. The molecule has 2 unspecified atom stereocenters. The molecule has 5 rings (SSSR count). The van der Waals surface area contributed by atoms with E-state index in [2.05, 4.69) is 29.6 Å². The van der Waals surface area contributed by atoms with Gasteiger partial charge in [0, 0.05) is 19.0 Å². The molecule has 3 aliphatic rings. The lowest BCUT2D eigenvalue weighted by atomic mass is 9.67. The van der Waals surface area contributed by atoms with E-state index in [0.717, 1.165) is 17.5 Å². The van der Waals surface area contributed by atoms with Gasteiger partial charge in [-0.2, -0.15) is 0 Å². The molecule has 1 saturated carbocycles. The van der Waals surface area contributed by atoms with Gasteiger partial charge in [0.15, 0.2) is 0 Å². The first-order valence-corrected chi connectivity index (χ1v) is 12.0. The molecule has 0 radical (unpaired) electrons. The van der Waals surface area contributed by atoms with E-state index in [4.69, 9.17) is 4.74 Å². The highest BCUT2D eigenvalue weighted by atomic mass is 16.5. The molecule has 2 atom stereocenters. The van der Waals surface area contributed by atoms with Crippen LogP contribution in [0, 0.1) is 11.3 Å². The number of hydrogen-bond acceptors (Lipinski definition) is 4. The number of aliphatic carboxylic acids is 1. The third-order valence-electron chi connectivity index (χ3n) is 7.89. The number of likely N-dealkylation sites (tertiary alicyclic amines) is 1. The van der Waals surface area contributed by atoms with Crippen molar-refractivity contribution in [2.24, 2.45) is 11.3 Å². The number of carboxylic acid groups (broad SMARTS) is 1. The van der Waals surface area contributed by atoms with E-state index in [9.17, 15) is 19.5 Å². The van der Waals surface area contributed by atoms with Crippen molar-refractivity contribution in [3.05, 3.63) is 59.7 Å². The number of nitrogens with zero attached hydrogens (tertiary/aromatic N) is 1. The minimum atomic E-state index is -0.961. The molecule has 2 fully saturated rings. The number of benzene rings is 2. The summed E-state index contributed by atoms with van der Waals surface area (Å²) in [4.78, 5) is 39.2. The average Bonchev–Trinajstić information content (AvgIpc) is 3.35. The molecule has 2 amide bonds. The molecule has 7 nitrogen and oxygen atoms in total. The van der Waals surface area contributed by atoms with Gasteiger partial charge in [-0.1, -0.05) is 61.9 Å². The highest BCUT2D eigenvalue weighted by Crippen LogP contribution is 2.45. The molecule has 2 aromatic carbocycles. The second-order valence-electron chi connectivity index (χ2n) is 9.86. The quantitative estimate of drug-likeness (QED) is 0.676. The van der Waals surface area contributed by atoms with Crippen LogP contribution in [-0.2, 0) is 14.3 Å². The third kappa shape index (κ3) is 3.73. The molecule has 34 heavy (non-hydrogen) atoms. The summed E-state index contributed by atoms with van der Waals surface area (Å²) in [5, 5.41) is 12.4. The van der Waals surface area contributed by atoms with Crippen LogP contribution in [0.2, 0.25) is 0 Å². The Morgan fingerprint density at radius 2 is 1.68 bits per heavy atom. The maximum atomic E-state index is 13.3. The standard InChI is InChI=1S/C27H30N2O5/c1-17-11-14-29(23(17)24(30)31)25(32)27(12-6-13-27)16-28-26(33)34-15-22-20-9-4-2-7-18(20)19-8-3-5-10-21(19)22/h2-5,7-10,17,22-23H,6,11-16H2,1H3,(H,28,33)(H,30,31). The van der Waals surface area contributed by atoms with E-state index in [1.165, 1.54) is 16.0 Å². The number of alkyl carbamates (subject to hydrolysis) is 1. The summed E-state index contributed by atoms with van der Waals surface area (Å²) in [5.74, 6) is -1.22. The van der Waals surface area contributed by atoms with Crippen molar-refractivity contribution >= 4 is 18.0 Å². The Balaban J connectivity index is 1.22. The molecule has 2 N–H and O–H groups in total. The Labute approximate surface area is 199 Å². The average molecular weight is 463 g/mol. The minimum Gasteiger partial charge on any atom is -0.480 e. The zero-order chi connectivity index (χ0) is 23.9. The monoisotopic (exact) mass is 462 g/mol. The van der Waals surface area contributed by atoms with Gasteiger partial charge in [-0.3, -0.25) is 4.79 Å². The largest absolute Gasteiger partial charge is 0.480 e. The Morgan fingerprint density at radius 1 is 1.06 bits per heavy atom. The number of ether oxygens (including phenoxy) is 1. The lowest BCUT2D eigenvalue weighted by Crippen LogP contribution is -2.56. The van der Waals surface area contributed by atoms with Gasteiger partial charge in [0.05, 0.1) is 5.41 Å². The number of rotatable bonds is 6. The van der Waals surface area contributed by atoms with Crippen molar-refractivity contribution in [2.75, 3.05) is 19.7 Å². The first kappa shape index (κ1) is 22.4. The van der Waals surface area contributed by atoms with Gasteiger partial charge in [0.25, 0.3) is 0 Å². The van der Waals surface area contributed by atoms with E-state index in [-0.39, 0.29) is 30.9 Å². The predicted octanol–water partition coefficient (Wildman–Crippen LogP) is 4.02. The van der Waals surface area contributed by atoms with Crippen molar-refractivity contribution < 1.29 is 24.2 Å². The minimum absolute atomic E-state index is 0.0279. The van der Waals surface area contributed by atoms with Crippen LogP contribution in [0.5, 0.6) is 0 Å². The third-order valence-corrected chi connectivity index (χ3v) is 7.89. The fourth-order valence-corrected chi connectivity index (χ4v) is 5.82. The van der Waals surface area contributed by atoms with Crippen molar-refractivity contribution in [1.82, 2.24) is 10.2 Å². The van der Waals surface area contributed by atoms with Gasteiger partial charge in [0.2, 0.25) is 5.91 Å². The van der Waals surface area contributed by atoms with Gasteiger partial charge < -0.3 is 20.1 Å². The summed E-state index contributed by atoms with van der Waals surface area (Å²) in [5.41, 5.74) is 3.89. The number of hydrogen-bond donors (Lipinski definition) is 2. The van der Waals surface area contributed by atoms with Crippen LogP contribution in [0.4, 0.5) is 4.79 Å². The second-order valence-corrected chi connectivity index (χ2v) is 9.86. The molecule has 1 heterocycles. The number of fused-ring (bicyclic) bond motifs is 3. The number of carboxylic acids is 1. The molecule has 2 aliphatic carbocycles.